The summed E-state index contributed by atoms with van der Waals surface area (Å²) in [6.07, 6.45) is 0. The minimum absolute atomic E-state index is 0.117. The molecule has 0 saturated carbocycles. The molecule has 0 atom stereocenters. The smallest absolute Gasteiger partial charge is 0.316 e. The lowest BCUT2D eigenvalue weighted by Gasteiger charge is -2.07. The highest BCUT2D eigenvalue weighted by Crippen LogP contribution is 2.23. The summed E-state index contributed by atoms with van der Waals surface area (Å²) in [5.74, 6) is -3.07. The van der Waals surface area contributed by atoms with Gasteiger partial charge in [-0.2, -0.15) is 0 Å². The van der Waals surface area contributed by atoms with Gasteiger partial charge < -0.3 is 14.5 Å². The molecule has 3 rings (SSSR count). The molecule has 1 amide bonds. The number of nitrogens with zero attached hydrogens (tertiary/aromatic N) is 1. The summed E-state index contributed by atoms with van der Waals surface area (Å²) in [5, 5.41) is 2.43. The van der Waals surface area contributed by atoms with Crippen LogP contribution in [0.15, 0.2) is 52.1 Å². The summed E-state index contributed by atoms with van der Waals surface area (Å²) in [6, 6.07) is 9.78. The Labute approximate surface area is 150 Å². The van der Waals surface area contributed by atoms with Crippen LogP contribution in [0, 0.1) is 11.6 Å². The normalized spacial score (nSPS) is 10.7. The van der Waals surface area contributed by atoms with Crippen LogP contribution in [0.1, 0.15) is 0 Å². The minimum Gasteiger partial charge on any atom is -0.455 e. The number of carbonyl (C=O) groups is 2. The molecule has 0 aliphatic heterocycles. The number of hydrogen-bond acceptors (Lipinski definition) is 6. The van der Waals surface area contributed by atoms with Gasteiger partial charge in [-0.3, -0.25) is 9.59 Å². The summed E-state index contributed by atoms with van der Waals surface area (Å²) in [7, 11) is 0. The Morgan fingerprint density at radius 3 is 2.81 bits per heavy atom. The molecule has 2 aromatic carbocycles. The quantitative estimate of drug-likeness (QED) is 0.523. The number of nitrogens with one attached hydrogen (secondary N) is 1. The first kappa shape index (κ1) is 17.9. The monoisotopic (exact) mass is 378 g/mol. The fraction of sp³-hybridized carbons (Fsp3) is 0.118. The van der Waals surface area contributed by atoms with E-state index in [4.69, 9.17) is 9.15 Å². The van der Waals surface area contributed by atoms with Crippen molar-refractivity contribution in [3.63, 3.8) is 0 Å². The van der Waals surface area contributed by atoms with Crippen LogP contribution in [0.2, 0.25) is 0 Å². The molecule has 1 aromatic heterocycles. The molecule has 1 heterocycles. The largest absolute Gasteiger partial charge is 0.455 e. The highest BCUT2D eigenvalue weighted by Gasteiger charge is 2.13. The molecule has 26 heavy (non-hydrogen) atoms. The van der Waals surface area contributed by atoms with Crippen LogP contribution >= 0.6 is 11.8 Å². The third kappa shape index (κ3) is 4.57. The lowest BCUT2D eigenvalue weighted by Crippen LogP contribution is -2.22. The number of para-hydroxylation sites is 2. The lowest BCUT2D eigenvalue weighted by molar-refractivity contribution is -0.144. The van der Waals surface area contributed by atoms with Gasteiger partial charge in [-0.05, 0) is 24.3 Å². The van der Waals surface area contributed by atoms with Gasteiger partial charge in [-0.1, -0.05) is 23.9 Å². The van der Waals surface area contributed by atoms with Crippen molar-refractivity contribution < 1.29 is 27.5 Å². The average molecular weight is 378 g/mol. The van der Waals surface area contributed by atoms with Crippen molar-refractivity contribution in [1.82, 2.24) is 4.98 Å². The van der Waals surface area contributed by atoms with E-state index in [-0.39, 0.29) is 11.4 Å². The topological polar surface area (TPSA) is 81.4 Å². The van der Waals surface area contributed by atoms with E-state index >= 15 is 0 Å². The van der Waals surface area contributed by atoms with Gasteiger partial charge in [0.1, 0.15) is 22.9 Å². The predicted octanol–water partition coefficient (Wildman–Crippen LogP) is 3.38. The molecule has 1 N–H and O–H groups in total. The van der Waals surface area contributed by atoms with E-state index in [1.54, 1.807) is 18.2 Å². The zero-order chi connectivity index (χ0) is 18.5. The number of oxazole rings is 1. The first-order chi connectivity index (χ1) is 12.5. The zero-order valence-electron chi connectivity index (χ0n) is 13.2. The minimum atomic E-state index is -0.794. The van der Waals surface area contributed by atoms with Crippen LogP contribution in [0.5, 0.6) is 0 Å². The fourth-order valence-electron chi connectivity index (χ4n) is 2.00. The number of aromatic nitrogens is 1. The molecule has 134 valence electrons. The highest BCUT2D eigenvalue weighted by atomic mass is 32.2. The summed E-state index contributed by atoms with van der Waals surface area (Å²) in [5.41, 5.74) is 0.937. The molecule has 6 nitrogen and oxygen atoms in total. The van der Waals surface area contributed by atoms with Crippen molar-refractivity contribution >= 4 is 40.4 Å². The van der Waals surface area contributed by atoms with Gasteiger partial charge in [-0.15, -0.1) is 0 Å². The Morgan fingerprint density at radius 2 is 2.00 bits per heavy atom. The van der Waals surface area contributed by atoms with Gasteiger partial charge in [0.05, 0.1) is 5.69 Å². The number of thioether (sulfide) groups is 1. The maximum atomic E-state index is 13.4. The van der Waals surface area contributed by atoms with E-state index < -0.39 is 30.1 Å². The van der Waals surface area contributed by atoms with E-state index in [0.29, 0.717) is 16.3 Å². The second-order valence-corrected chi connectivity index (χ2v) is 6.00. The number of hydrogen-bond donors (Lipinski definition) is 1. The molecule has 0 saturated heterocycles. The average Bonchev–Trinajstić information content (AvgIpc) is 3.04. The van der Waals surface area contributed by atoms with Crippen LogP contribution < -0.4 is 5.32 Å². The first-order valence-electron chi connectivity index (χ1n) is 7.40. The van der Waals surface area contributed by atoms with Gasteiger partial charge in [0.2, 0.25) is 0 Å². The van der Waals surface area contributed by atoms with Gasteiger partial charge in [0.25, 0.3) is 11.1 Å². The van der Waals surface area contributed by atoms with Crippen LogP contribution in [0.4, 0.5) is 14.5 Å². The Bertz CT molecular complexity index is 928. The van der Waals surface area contributed by atoms with Crippen molar-refractivity contribution in [3.05, 3.63) is 54.1 Å². The molecule has 0 aliphatic rings. The Kier molecular flexibility index (Phi) is 5.47. The number of fused-ring (bicyclic) bond motifs is 1. The second-order valence-electron chi connectivity index (χ2n) is 5.07. The fourth-order valence-corrected chi connectivity index (χ4v) is 2.64. The molecular weight excluding hydrogens is 366 g/mol. The lowest BCUT2D eigenvalue weighted by atomic mass is 10.3. The number of esters is 1. The molecular formula is C17H12F2N2O4S. The van der Waals surface area contributed by atoms with Gasteiger partial charge in [-0.25, -0.2) is 13.8 Å². The molecule has 9 heteroatoms. The SMILES string of the molecule is O=C(COC(=O)CSc1nc2ccccc2o1)Nc1cc(F)ccc1F. The number of carbonyl (C=O) groups excluding carboxylic acids is 2. The Balaban J connectivity index is 1.46. The maximum absolute atomic E-state index is 13.4. The molecule has 3 aromatic rings. The maximum Gasteiger partial charge on any atom is 0.316 e. The van der Waals surface area contributed by atoms with E-state index in [1.165, 1.54) is 0 Å². The van der Waals surface area contributed by atoms with Crippen LogP contribution in [-0.2, 0) is 14.3 Å². The highest BCUT2D eigenvalue weighted by molar-refractivity contribution is 7.99. The van der Waals surface area contributed by atoms with Gasteiger partial charge >= 0.3 is 5.97 Å². The number of halogens is 2. The van der Waals surface area contributed by atoms with Crippen molar-refractivity contribution in [2.75, 3.05) is 17.7 Å². The Morgan fingerprint density at radius 1 is 1.19 bits per heavy atom. The van der Waals surface area contributed by atoms with E-state index in [0.717, 1.165) is 30.0 Å². The molecule has 0 spiro atoms. The van der Waals surface area contributed by atoms with Crippen molar-refractivity contribution in [2.24, 2.45) is 0 Å². The standard InChI is InChI=1S/C17H12F2N2O4S/c18-10-5-6-11(19)13(7-10)20-15(22)8-24-16(23)9-26-17-21-12-3-1-2-4-14(12)25-17/h1-7H,8-9H2,(H,20,22). The molecule has 0 aliphatic carbocycles. The number of anilines is 1. The molecule has 0 unspecified atom stereocenters. The van der Waals surface area contributed by atoms with Crippen LogP contribution in [-0.4, -0.2) is 29.2 Å². The van der Waals surface area contributed by atoms with Crippen molar-refractivity contribution in [1.29, 1.82) is 0 Å². The van der Waals surface area contributed by atoms with Crippen molar-refractivity contribution in [3.8, 4) is 0 Å². The number of benzene rings is 2. The molecule has 0 radical (unpaired) electrons. The second kappa shape index (κ2) is 7.96. The van der Waals surface area contributed by atoms with Gasteiger partial charge in [0.15, 0.2) is 12.2 Å². The number of rotatable bonds is 6. The van der Waals surface area contributed by atoms with E-state index in [1.807, 2.05) is 6.07 Å². The molecule has 0 bridgehead atoms. The third-order valence-electron chi connectivity index (χ3n) is 3.15. The first-order valence-corrected chi connectivity index (χ1v) is 8.39. The molecule has 0 fully saturated rings. The number of ether oxygens (including phenoxy) is 1. The summed E-state index contributed by atoms with van der Waals surface area (Å²) >= 11 is 1.02. The van der Waals surface area contributed by atoms with E-state index in [2.05, 4.69) is 10.3 Å². The van der Waals surface area contributed by atoms with Gasteiger partial charge in [0, 0.05) is 6.07 Å². The van der Waals surface area contributed by atoms with Crippen molar-refractivity contribution in [2.45, 2.75) is 5.22 Å². The zero-order valence-corrected chi connectivity index (χ0v) is 14.0. The summed E-state index contributed by atoms with van der Waals surface area (Å²) in [4.78, 5) is 27.5. The van der Waals surface area contributed by atoms with Crippen LogP contribution in [0.25, 0.3) is 11.1 Å². The number of amides is 1. The summed E-state index contributed by atoms with van der Waals surface area (Å²) < 4.78 is 36.7. The summed E-state index contributed by atoms with van der Waals surface area (Å²) in [6.45, 7) is -0.622. The predicted molar refractivity (Wildman–Crippen MR) is 90.7 cm³/mol. The Hall–Kier alpha value is -2.94. The third-order valence-corrected chi connectivity index (χ3v) is 3.96. The van der Waals surface area contributed by atoms with Crippen LogP contribution in [0.3, 0.4) is 0 Å². The van der Waals surface area contributed by atoms with E-state index in [9.17, 15) is 18.4 Å².